The van der Waals surface area contributed by atoms with Crippen molar-refractivity contribution in [2.24, 2.45) is 0 Å². The van der Waals surface area contributed by atoms with Crippen molar-refractivity contribution >= 4 is 11.7 Å². The lowest BCUT2D eigenvalue weighted by Crippen LogP contribution is -2.38. The molecular formula is C19H30N2O3. The highest BCUT2D eigenvalue weighted by molar-refractivity contribution is 5.89. The van der Waals surface area contributed by atoms with Gasteiger partial charge in [0.05, 0.1) is 12.7 Å². The zero-order valence-corrected chi connectivity index (χ0v) is 14.6. The van der Waals surface area contributed by atoms with Gasteiger partial charge < -0.3 is 20.5 Å². The molecule has 0 bridgehead atoms. The van der Waals surface area contributed by atoms with Crippen LogP contribution in [-0.2, 0) is 11.3 Å². The van der Waals surface area contributed by atoms with Crippen LogP contribution in [0.25, 0.3) is 0 Å². The second-order valence-corrected chi connectivity index (χ2v) is 6.49. The number of amides is 2. The van der Waals surface area contributed by atoms with Gasteiger partial charge in [-0.2, -0.15) is 0 Å². The molecule has 134 valence electrons. The number of benzene rings is 1. The molecule has 1 aromatic rings. The van der Waals surface area contributed by atoms with E-state index in [0.717, 1.165) is 30.5 Å². The van der Waals surface area contributed by atoms with E-state index in [0.29, 0.717) is 19.1 Å². The second kappa shape index (κ2) is 10.3. The van der Waals surface area contributed by atoms with E-state index in [2.05, 4.69) is 10.6 Å². The van der Waals surface area contributed by atoms with Gasteiger partial charge in [0.15, 0.2) is 0 Å². The number of aliphatic hydroxyl groups excluding tert-OH is 1. The molecule has 0 aliphatic heterocycles. The maximum atomic E-state index is 12.0. The number of nitrogens with one attached hydrogen (secondary N) is 2. The van der Waals surface area contributed by atoms with Gasteiger partial charge in [-0.3, -0.25) is 0 Å². The van der Waals surface area contributed by atoms with Crippen LogP contribution < -0.4 is 10.6 Å². The molecule has 0 saturated heterocycles. The van der Waals surface area contributed by atoms with Crippen molar-refractivity contribution in [1.82, 2.24) is 5.32 Å². The van der Waals surface area contributed by atoms with Crippen LogP contribution in [0.4, 0.5) is 10.5 Å². The molecule has 1 unspecified atom stereocenters. The predicted octanol–water partition coefficient (Wildman–Crippen LogP) is 3.82. The van der Waals surface area contributed by atoms with Crippen LogP contribution in [0, 0.1) is 0 Å². The predicted molar refractivity (Wildman–Crippen MR) is 96.0 cm³/mol. The number of hydrogen-bond donors (Lipinski definition) is 3. The molecule has 1 aliphatic carbocycles. The van der Waals surface area contributed by atoms with Crippen LogP contribution in [0.5, 0.6) is 0 Å². The maximum Gasteiger partial charge on any atom is 0.319 e. The Morgan fingerprint density at radius 3 is 2.83 bits per heavy atom. The zero-order valence-electron chi connectivity index (χ0n) is 14.6. The minimum Gasteiger partial charge on any atom is -0.396 e. The SMILES string of the molecule is CCC(CCO)NC(=O)Nc1cccc(COC2CCCCC2)c1. The van der Waals surface area contributed by atoms with E-state index in [-0.39, 0.29) is 18.7 Å². The highest BCUT2D eigenvalue weighted by Crippen LogP contribution is 2.22. The van der Waals surface area contributed by atoms with Crippen molar-refractivity contribution in [2.45, 2.75) is 70.6 Å². The Bertz CT molecular complexity index is 501. The van der Waals surface area contributed by atoms with Gasteiger partial charge >= 0.3 is 6.03 Å². The highest BCUT2D eigenvalue weighted by atomic mass is 16.5. The summed E-state index contributed by atoms with van der Waals surface area (Å²) in [7, 11) is 0. The first-order chi connectivity index (χ1) is 11.7. The third-order valence-electron chi connectivity index (χ3n) is 4.53. The van der Waals surface area contributed by atoms with Crippen LogP contribution in [0.3, 0.4) is 0 Å². The molecule has 1 saturated carbocycles. The lowest BCUT2D eigenvalue weighted by molar-refractivity contribution is 0.0169. The molecule has 1 fully saturated rings. The summed E-state index contributed by atoms with van der Waals surface area (Å²) in [4.78, 5) is 12.0. The first-order valence-electron chi connectivity index (χ1n) is 9.10. The summed E-state index contributed by atoms with van der Waals surface area (Å²) in [5.74, 6) is 0. The summed E-state index contributed by atoms with van der Waals surface area (Å²) in [5.41, 5.74) is 1.83. The van der Waals surface area contributed by atoms with Gasteiger partial charge in [-0.1, -0.05) is 38.3 Å². The van der Waals surface area contributed by atoms with Crippen molar-refractivity contribution in [3.05, 3.63) is 29.8 Å². The van der Waals surface area contributed by atoms with Gasteiger partial charge in [0.1, 0.15) is 0 Å². The largest absolute Gasteiger partial charge is 0.396 e. The molecule has 5 nitrogen and oxygen atoms in total. The molecule has 3 N–H and O–H groups in total. The van der Waals surface area contributed by atoms with Gasteiger partial charge in [-0.25, -0.2) is 4.79 Å². The molecule has 2 amide bonds. The molecule has 2 rings (SSSR count). The fraction of sp³-hybridized carbons (Fsp3) is 0.632. The average Bonchev–Trinajstić information content (AvgIpc) is 2.61. The summed E-state index contributed by atoms with van der Waals surface area (Å²) >= 11 is 0. The van der Waals surface area contributed by atoms with E-state index in [9.17, 15) is 4.79 Å². The standard InChI is InChI=1S/C19H30N2O3/c1-2-16(11-12-22)20-19(23)21-17-8-6-7-15(13-17)14-24-18-9-4-3-5-10-18/h6-8,13,16,18,22H,2-5,9-12,14H2,1H3,(H2,20,21,23). The van der Waals surface area contributed by atoms with Gasteiger partial charge in [0.25, 0.3) is 0 Å². The molecular weight excluding hydrogens is 304 g/mol. The van der Waals surface area contributed by atoms with Crippen molar-refractivity contribution in [2.75, 3.05) is 11.9 Å². The van der Waals surface area contributed by atoms with Crippen LogP contribution in [0.2, 0.25) is 0 Å². The van der Waals surface area contributed by atoms with E-state index in [1.807, 2.05) is 31.2 Å². The fourth-order valence-electron chi connectivity index (χ4n) is 3.07. The van der Waals surface area contributed by atoms with Crippen LogP contribution in [0.1, 0.15) is 57.4 Å². The van der Waals surface area contributed by atoms with E-state index in [1.165, 1.54) is 19.3 Å². The summed E-state index contributed by atoms with van der Waals surface area (Å²) in [6.45, 7) is 2.65. The van der Waals surface area contributed by atoms with Gasteiger partial charge in [0, 0.05) is 18.3 Å². The molecule has 1 aliphatic rings. The number of carbonyl (C=O) groups excluding carboxylic acids is 1. The number of rotatable bonds is 8. The number of carbonyl (C=O) groups is 1. The normalized spacial score (nSPS) is 16.6. The Hall–Kier alpha value is -1.59. The molecule has 0 heterocycles. The van der Waals surface area contributed by atoms with Crippen LogP contribution in [0.15, 0.2) is 24.3 Å². The Balaban J connectivity index is 1.81. The Morgan fingerprint density at radius 2 is 2.12 bits per heavy atom. The van der Waals surface area contributed by atoms with E-state index >= 15 is 0 Å². The molecule has 24 heavy (non-hydrogen) atoms. The van der Waals surface area contributed by atoms with Crippen LogP contribution >= 0.6 is 0 Å². The fourth-order valence-corrected chi connectivity index (χ4v) is 3.07. The van der Waals surface area contributed by atoms with Crippen molar-refractivity contribution in [3.8, 4) is 0 Å². The van der Waals surface area contributed by atoms with E-state index in [4.69, 9.17) is 9.84 Å². The molecule has 1 aromatic carbocycles. The lowest BCUT2D eigenvalue weighted by Gasteiger charge is -2.22. The van der Waals surface area contributed by atoms with Gasteiger partial charge in [-0.15, -0.1) is 0 Å². The van der Waals surface area contributed by atoms with Gasteiger partial charge in [0.2, 0.25) is 0 Å². The van der Waals surface area contributed by atoms with Crippen LogP contribution in [-0.4, -0.2) is 29.9 Å². The summed E-state index contributed by atoms with van der Waals surface area (Å²) in [5, 5.41) is 14.7. The van der Waals surface area contributed by atoms with Gasteiger partial charge in [-0.05, 0) is 43.4 Å². The number of ether oxygens (including phenoxy) is 1. The Labute approximate surface area is 144 Å². The third-order valence-corrected chi connectivity index (χ3v) is 4.53. The smallest absolute Gasteiger partial charge is 0.319 e. The second-order valence-electron chi connectivity index (χ2n) is 6.49. The lowest BCUT2D eigenvalue weighted by atomic mass is 9.98. The summed E-state index contributed by atoms with van der Waals surface area (Å²) in [6.07, 6.45) is 7.90. The summed E-state index contributed by atoms with van der Waals surface area (Å²) < 4.78 is 5.99. The van der Waals surface area contributed by atoms with Crippen molar-refractivity contribution in [3.63, 3.8) is 0 Å². The summed E-state index contributed by atoms with van der Waals surface area (Å²) in [6, 6.07) is 7.53. The first kappa shape index (κ1) is 18.7. The molecule has 0 aromatic heterocycles. The van der Waals surface area contributed by atoms with Crippen molar-refractivity contribution < 1.29 is 14.6 Å². The molecule has 0 spiro atoms. The highest BCUT2D eigenvalue weighted by Gasteiger charge is 2.14. The average molecular weight is 334 g/mol. The Morgan fingerprint density at radius 1 is 1.33 bits per heavy atom. The molecule has 0 radical (unpaired) electrons. The molecule has 1 atom stereocenters. The Kier molecular flexibility index (Phi) is 8.05. The van der Waals surface area contributed by atoms with Crippen molar-refractivity contribution in [1.29, 1.82) is 0 Å². The zero-order chi connectivity index (χ0) is 17.2. The maximum absolute atomic E-state index is 12.0. The monoisotopic (exact) mass is 334 g/mol. The topological polar surface area (TPSA) is 70.6 Å². The van der Waals surface area contributed by atoms with E-state index < -0.39 is 0 Å². The quantitative estimate of drug-likeness (QED) is 0.677. The minimum atomic E-state index is -0.236. The number of aliphatic hydroxyl groups is 1. The first-order valence-corrected chi connectivity index (χ1v) is 9.10. The third kappa shape index (κ3) is 6.49. The molecule has 5 heteroatoms. The minimum absolute atomic E-state index is 0.00665. The number of urea groups is 1. The number of anilines is 1. The number of hydrogen-bond acceptors (Lipinski definition) is 3. The van der Waals surface area contributed by atoms with E-state index in [1.54, 1.807) is 0 Å².